The maximum atomic E-state index is 10.8. The van der Waals surface area contributed by atoms with Crippen LogP contribution in [0.25, 0.3) is 0 Å². The summed E-state index contributed by atoms with van der Waals surface area (Å²) in [5, 5.41) is 20.9. The fraction of sp³-hybridized carbons (Fsp3) is 0.867. The van der Waals surface area contributed by atoms with Gasteiger partial charge in [-0.05, 0) is 44.9 Å². The SMILES string of the molecule is C[C@@]1(O)CCC2C/C(=C\[Si](C)(C)C)CC[C@@]2(O)C1. The third-order valence-corrected chi connectivity index (χ3v) is 5.78. The molecule has 2 rings (SSSR count). The fourth-order valence-electron chi connectivity index (χ4n) is 3.77. The normalized spacial score (nSPS) is 43.9. The van der Waals surface area contributed by atoms with E-state index in [-0.39, 0.29) is 0 Å². The summed E-state index contributed by atoms with van der Waals surface area (Å²) in [4.78, 5) is 0. The molecule has 0 amide bonds. The maximum Gasteiger partial charge on any atom is 0.0709 e. The van der Waals surface area contributed by atoms with Crippen LogP contribution in [0.1, 0.15) is 45.4 Å². The van der Waals surface area contributed by atoms with Crippen molar-refractivity contribution in [1.29, 1.82) is 0 Å². The highest BCUT2D eigenvalue weighted by molar-refractivity contribution is 6.81. The molecule has 2 aliphatic rings. The Kier molecular flexibility index (Phi) is 3.54. The standard InChI is InChI=1S/C15H28O2Si/c1-14(16)7-6-13-9-12(10-18(2,3)4)5-8-15(13,17)11-14/h10,13,16-17H,5-9,11H2,1-4H3/b12-10-/t13?,14-,15-/m1/s1. The molecule has 1 unspecified atom stereocenters. The molecule has 2 fully saturated rings. The molecule has 2 nitrogen and oxygen atoms in total. The Labute approximate surface area is 112 Å². The first-order valence-electron chi connectivity index (χ1n) is 7.25. The molecule has 104 valence electrons. The van der Waals surface area contributed by atoms with Gasteiger partial charge in [-0.2, -0.15) is 0 Å². The quantitative estimate of drug-likeness (QED) is 0.717. The van der Waals surface area contributed by atoms with E-state index < -0.39 is 19.3 Å². The van der Waals surface area contributed by atoms with E-state index in [4.69, 9.17) is 0 Å². The Balaban J connectivity index is 2.11. The van der Waals surface area contributed by atoms with Gasteiger partial charge >= 0.3 is 0 Å². The van der Waals surface area contributed by atoms with Crippen LogP contribution in [-0.2, 0) is 0 Å². The van der Waals surface area contributed by atoms with Crippen LogP contribution in [-0.4, -0.2) is 29.5 Å². The highest BCUT2D eigenvalue weighted by Gasteiger charge is 2.48. The molecule has 0 aliphatic heterocycles. The first kappa shape index (κ1) is 14.3. The van der Waals surface area contributed by atoms with Gasteiger partial charge in [-0.1, -0.05) is 30.9 Å². The van der Waals surface area contributed by atoms with Crippen molar-refractivity contribution in [2.24, 2.45) is 5.92 Å². The second kappa shape index (κ2) is 4.46. The molecular formula is C15H28O2Si. The summed E-state index contributed by atoms with van der Waals surface area (Å²) >= 11 is 0. The summed E-state index contributed by atoms with van der Waals surface area (Å²) in [6.45, 7) is 8.97. The smallest absolute Gasteiger partial charge is 0.0709 e. The molecule has 0 saturated heterocycles. The van der Waals surface area contributed by atoms with Gasteiger partial charge in [-0.3, -0.25) is 0 Å². The van der Waals surface area contributed by atoms with Crippen LogP contribution >= 0.6 is 0 Å². The summed E-state index contributed by atoms with van der Waals surface area (Å²) in [6, 6.07) is 0. The molecule has 3 atom stereocenters. The lowest BCUT2D eigenvalue weighted by molar-refractivity contribution is -0.135. The van der Waals surface area contributed by atoms with E-state index in [1.807, 2.05) is 6.92 Å². The predicted octanol–water partition coefficient (Wildman–Crippen LogP) is 3.26. The molecule has 2 N–H and O–H groups in total. The van der Waals surface area contributed by atoms with Gasteiger partial charge in [-0.15, -0.1) is 0 Å². The molecule has 0 bridgehead atoms. The van der Waals surface area contributed by atoms with Gasteiger partial charge in [-0.25, -0.2) is 0 Å². The van der Waals surface area contributed by atoms with Crippen molar-refractivity contribution in [2.75, 3.05) is 0 Å². The minimum absolute atomic E-state index is 0.370. The van der Waals surface area contributed by atoms with Gasteiger partial charge in [0.2, 0.25) is 0 Å². The molecule has 2 saturated carbocycles. The van der Waals surface area contributed by atoms with Crippen molar-refractivity contribution in [3.8, 4) is 0 Å². The molecule has 18 heavy (non-hydrogen) atoms. The van der Waals surface area contributed by atoms with Crippen molar-refractivity contribution < 1.29 is 10.2 Å². The summed E-state index contributed by atoms with van der Waals surface area (Å²) in [7, 11) is -1.15. The second-order valence-corrected chi connectivity index (χ2v) is 12.9. The first-order valence-corrected chi connectivity index (χ1v) is 10.8. The summed E-state index contributed by atoms with van der Waals surface area (Å²) in [6.07, 6.45) is 5.27. The molecule has 0 aromatic rings. The zero-order valence-corrected chi connectivity index (χ0v) is 13.3. The van der Waals surface area contributed by atoms with E-state index in [0.717, 1.165) is 32.1 Å². The van der Waals surface area contributed by atoms with E-state index in [9.17, 15) is 10.2 Å². The number of fused-ring (bicyclic) bond motifs is 1. The van der Waals surface area contributed by atoms with Gasteiger partial charge < -0.3 is 10.2 Å². The first-order chi connectivity index (χ1) is 8.10. The average Bonchev–Trinajstić information content (AvgIpc) is 2.15. The molecule has 0 aromatic heterocycles. The Morgan fingerprint density at radius 1 is 1.22 bits per heavy atom. The minimum atomic E-state index is -1.15. The third kappa shape index (κ3) is 3.25. The van der Waals surface area contributed by atoms with Crippen molar-refractivity contribution in [2.45, 2.75) is 76.3 Å². The lowest BCUT2D eigenvalue weighted by Crippen LogP contribution is -2.51. The van der Waals surface area contributed by atoms with E-state index in [1.54, 1.807) is 5.57 Å². The number of aliphatic hydroxyl groups is 2. The van der Waals surface area contributed by atoms with Crippen LogP contribution in [0.4, 0.5) is 0 Å². The van der Waals surface area contributed by atoms with E-state index >= 15 is 0 Å². The van der Waals surface area contributed by atoms with Gasteiger partial charge in [0.05, 0.1) is 19.3 Å². The molecule has 0 radical (unpaired) electrons. The molecule has 3 heteroatoms. The Bertz CT molecular complexity index is 354. The highest BCUT2D eigenvalue weighted by Crippen LogP contribution is 2.48. The van der Waals surface area contributed by atoms with Crippen LogP contribution in [0.5, 0.6) is 0 Å². The fourth-order valence-corrected chi connectivity index (χ4v) is 5.26. The van der Waals surface area contributed by atoms with Gasteiger partial charge in [0.1, 0.15) is 0 Å². The largest absolute Gasteiger partial charge is 0.390 e. The van der Waals surface area contributed by atoms with Gasteiger partial charge in [0, 0.05) is 6.42 Å². The highest BCUT2D eigenvalue weighted by atomic mass is 28.3. The lowest BCUT2D eigenvalue weighted by Gasteiger charge is -2.49. The van der Waals surface area contributed by atoms with Crippen molar-refractivity contribution in [3.63, 3.8) is 0 Å². The van der Waals surface area contributed by atoms with Gasteiger partial charge in [0.15, 0.2) is 0 Å². The van der Waals surface area contributed by atoms with Crippen LogP contribution < -0.4 is 0 Å². The van der Waals surface area contributed by atoms with Crippen LogP contribution in [0, 0.1) is 5.92 Å². The van der Waals surface area contributed by atoms with E-state index in [1.165, 1.54) is 0 Å². The van der Waals surface area contributed by atoms with Crippen LogP contribution in [0.3, 0.4) is 0 Å². The van der Waals surface area contributed by atoms with Gasteiger partial charge in [0.25, 0.3) is 0 Å². The molecular weight excluding hydrogens is 240 g/mol. The van der Waals surface area contributed by atoms with Crippen LogP contribution in [0.2, 0.25) is 19.6 Å². The molecule has 0 spiro atoms. The molecule has 0 aromatic carbocycles. The zero-order chi connectivity index (χ0) is 13.6. The summed E-state index contributed by atoms with van der Waals surface area (Å²) in [5.74, 6) is 0.370. The molecule has 2 aliphatic carbocycles. The van der Waals surface area contributed by atoms with E-state index in [0.29, 0.717) is 12.3 Å². The van der Waals surface area contributed by atoms with Crippen molar-refractivity contribution >= 4 is 8.07 Å². The number of hydrogen-bond acceptors (Lipinski definition) is 2. The Morgan fingerprint density at radius 2 is 1.89 bits per heavy atom. The topological polar surface area (TPSA) is 40.5 Å². The minimum Gasteiger partial charge on any atom is -0.390 e. The van der Waals surface area contributed by atoms with Crippen molar-refractivity contribution in [3.05, 3.63) is 11.3 Å². The summed E-state index contributed by atoms with van der Waals surface area (Å²) in [5.41, 5.74) is 2.80. The zero-order valence-electron chi connectivity index (χ0n) is 12.3. The maximum absolute atomic E-state index is 10.8. The van der Waals surface area contributed by atoms with E-state index in [2.05, 4.69) is 25.3 Å². The monoisotopic (exact) mass is 268 g/mol. The van der Waals surface area contributed by atoms with Crippen LogP contribution in [0.15, 0.2) is 11.3 Å². The predicted molar refractivity (Wildman–Crippen MR) is 78.2 cm³/mol. The third-order valence-electron chi connectivity index (χ3n) is 4.50. The lowest BCUT2D eigenvalue weighted by atomic mass is 9.62. The Hall–Kier alpha value is -0.123. The summed E-state index contributed by atoms with van der Waals surface area (Å²) < 4.78 is 0. The number of rotatable bonds is 1. The van der Waals surface area contributed by atoms with Crippen molar-refractivity contribution in [1.82, 2.24) is 0 Å². The Morgan fingerprint density at radius 3 is 2.50 bits per heavy atom. The number of allylic oxidation sites excluding steroid dienone is 1. The average molecular weight is 268 g/mol. The second-order valence-electron chi connectivity index (χ2n) is 7.89. The number of hydrogen-bond donors (Lipinski definition) is 2. The molecule has 0 heterocycles.